The third-order valence-electron chi connectivity index (χ3n) is 3.13. The van der Waals surface area contributed by atoms with Gasteiger partial charge in [-0.25, -0.2) is 4.79 Å². The van der Waals surface area contributed by atoms with Crippen LogP contribution in [0.25, 0.3) is 0 Å². The molecule has 0 radical (unpaired) electrons. The Morgan fingerprint density at radius 1 is 1.38 bits per heavy atom. The SMILES string of the molecule is O=C1CCN(C(=O)NCc2cccc(C(F)(F)F)c2Cl)C1. The fourth-order valence-electron chi connectivity index (χ4n) is 2.02. The van der Waals surface area contributed by atoms with Crippen molar-refractivity contribution in [3.63, 3.8) is 0 Å². The van der Waals surface area contributed by atoms with Crippen molar-refractivity contribution >= 4 is 23.4 Å². The van der Waals surface area contributed by atoms with Crippen LogP contribution in [0.2, 0.25) is 5.02 Å². The molecule has 0 aliphatic carbocycles. The maximum absolute atomic E-state index is 12.7. The summed E-state index contributed by atoms with van der Waals surface area (Å²) in [6.07, 6.45) is -4.24. The van der Waals surface area contributed by atoms with Gasteiger partial charge in [0, 0.05) is 19.5 Å². The van der Waals surface area contributed by atoms with Gasteiger partial charge in [-0.1, -0.05) is 23.7 Å². The van der Waals surface area contributed by atoms with Crippen molar-refractivity contribution < 1.29 is 22.8 Å². The Morgan fingerprint density at radius 3 is 2.67 bits per heavy atom. The van der Waals surface area contributed by atoms with Crippen LogP contribution >= 0.6 is 11.6 Å². The highest BCUT2D eigenvalue weighted by Crippen LogP contribution is 2.36. The molecule has 2 amide bonds. The highest BCUT2D eigenvalue weighted by Gasteiger charge is 2.33. The van der Waals surface area contributed by atoms with Crippen LogP contribution in [-0.2, 0) is 17.5 Å². The lowest BCUT2D eigenvalue weighted by Crippen LogP contribution is -2.38. The number of amides is 2. The molecule has 1 N–H and O–H groups in total. The molecule has 0 bridgehead atoms. The first-order chi connectivity index (χ1) is 9.79. The lowest BCUT2D eigenvalue weighted by atomic mass is 10.1. The minimum absolute atomic E-state index is 0.0299. The molecule has 21 heavy (non-hydrogen) atoms. The maximum Gasteiger partial charge on any atom is 0.417 e. The second-order valence-electron chi connectivity index (χ2n) is 4.65. The Hall–Kier alpha value is -1.76. The van der Waals surface area contributed by atoms with E-state index in [-0.39, 0.29) is 24.4 Å². The van der Waals surface area contributed by atoms with Gasteiger partial charge in [-0.3, -0.25) is 4.79 Å². The van der Waals surface area contributed by atoms with Gasteiger partial charge < -0.3 is 10.2 Å². The lowest BCUT2D eigenvalue weighted by molar-refractivity contribution is -0.137. The monoisotopic (exact) mass is 320 g/mol. The normalized spacial score (nSPS) is 15.4. The summed E-state index contributed by atoms with van der Waals surface area (Å²) in [6.45, 7) is 0.218. The Kier molecular flexibility index (Phi) is 4.41. The van der Waals surface area contributed by atoms with E-state index in [1.165, 1.54) is 17.0 Å². The molecule has 1 heterocycles. The number of urea groups is 1. The summed E-state index contributed by atoms with van der Waals surface area (Å²) in [4.78, 5) is 24.1. The third kappa shape index (κ3) is 3.66. The Balaban J connectivity index is 2.04. The number of nitrogens with one attached hydrogen (secondary N) is 1. The average molecular weight is 321 g/mol. The van der Waals surface area contributed by atoms with E-state index in [1.807, 2.05) is 0 Å². The number of benzene rings is 1. The van der Waals surface area contributed by atoms with E-state index >= 15 is 0 Å². The van der Waals surface area contributed by atoms with E-state index in [0.717, 1.165) is 6.07 Å². The highest BCUT2D eigenvalue weighted by atomic mass is 35.5. The van der Waals surface area contributed by atoms with Crippen molar-refractivity contribution in [1.82, 2.24) is 10.2 Å². The van der Waals surface area contributed by atoms with E-state index in [2.05, 4.69) is 5.32 Å². The molecule has 2 rings (SSSR count). The van der Waals surface area contributed by atoms with Gasteiger partial charge in [-0.15, -0.1) is 0 Å². The van der Waals surface area contributed by atoms with Crippen LogP contribution in [0.1, 0.15) is 17.5 Å². The molecule has 1 aliphatic heterocycles. The second kappa shape index (κ2) is 5.93. The van der Waals surface area contributed by atoms with Crippen molar-refractivity contribution in [2.75, 3.05) is 13.1 Å². The van der Waals surface area contributed by atoms with Gasteiger partial charge in [0.25, 0.3) is 0 Å². The number of likely N-dealkylation sites (tertiary alicyclic amines) is 1. The molecule has 0 aromatic heterocycles. The molecule has 0 saturated carbocycles. The second-order valence-corrected chi connectivity index (χ2v) is 5.02. The van der Waals surface area contributed by atoms with Crippen molar-refractivity contribution in [2.45, 2.75) is 19.1 Å². The zero-order valence-electron chi connectivity index (χ0n) is 10.8. The van der Waals surface area contributed by atoms with Gasteiger partial charge in [0.05, 0.1) is 17.1 Å². The number of nitrogens with zero attached hydrogens (tertiary/aromatic N) is 1. The molecule has 0 spiro atoms. The maximum atomic E-state index is 12.7. The number of carbonyl (C=O) groups excluding carboxylic acids is 2. The molecule has 1 aromatic rings. The van der Waals surface area contributed by atoms with E-state index in [4.69, 9.17) is 11.6 Å². The predicted molar refractivity (Wildman–Crippen MR) is 69.9 cm³/mol. The van der Waals surface area contributed by atoms with Crippen molar-refractivity contribution in [3.8, 4) is 0 Å². The smallest absolute Gasteiger partial charge is 0.334 e. The molecule has 114 valence electrons. The topological polar surface area (TPSA) is 49.4 Å². The van der Waals surface area contributed by atoms with Crippen molar-refractivity contribution in [2.24, 2.45) is 0 Å². The summed E-state index contributed by atoms with van der Waals surface area (Å²) < 4.78 is 38.1. The number of rotatable bonds is 2. The van der Waals surface area contributed by atoms with Crippen molar-refractivity contribution in [1.29, 1.82) is 0 Å². The number of alkyl halides is 3. The van der Waals surface area contributed by atoms with E-state index in [0.29, 0.717) is 13.0 Å². The van der Waals surface area contributed by atoms with Gasteiger partial charge >= 0.3 is 12.2 Å². The number of hydrogen-bond acceptors (Lipinski definition) is 2. The summed E-state index contributed by atoms with van der Waals surface area (Å²) in [5, 5.41) is 2.04. The lowest BCUT2D eigenvalue weighted by Gasteiger charge is -2.17. The van der Waals surface area contributed by atoms with Crippen LogP contribution in [0.4, 0.5) is 18.0 Å². The first-order valence-corrected chi connectivity index (χ1v) is 6.56. The molecule has 1 aliphatic rings. The van der Waals surface area contributed by atoms with Gasteiger partial charge in [0.1, 0.15) is 0 Å². The van der Waals surface area contributed by atoms with E-state index in [9.17, 15) is 22.8 Å². The molecule has 0 unspecified atom stereocenters. The highest BCUT2D eigenvalue weighted by molar-refractivity contribution is 6.32. The number of ketones is 1. The molecular weight excluding hydrogens is 309 g/mol. The minimum atomic E-state index is -4.54. The fourth-order valence-corrected chi connectivity index (χ4v) is 2.32. The third-order valence-corrected chi connectivity index (χ3v) is 3.58. The van der Waals surface area contributed by atoms with Crippen LogP contribution in [0.15, 0.2) is 18.2 Å². The van der Waals surface area contributed by atoms with Gasteiger partial charge in [0.2, 0.25) is 0 Å². The van der Waals surface area contributed by atoms with Gasteiger partial charge in [-0.2, -0.15) is 13.2 Å². The van der Waals surface area contributed by atoms with Crippen LogP contribution in [0, 0.1) is 0 Å². The predicted octanol–water partition coefficient (Wildman–Crippen LogP) is 2.84. The van der Waals surface area contributed by atoms with Crippen LogP contribution in [0.3, 0.4) is 0 Å². The molecule has 8 heteroatoms. The zero-order chi connectivity index (χ0) is 15.6. The van der Waals surface area contributed by atoms with Gasteiger partial charge in [0.15, 0.2) is 5.78 Å². The van der Waals surface area contributed by atoms with Crippen LogP contribution in [0.5, 0.6) is 0 Å². The molecule has 1 saturated heterocycles. The quantitative estimate of drug-likeness (QED) is 0.911. The number of hydrogen-bond donors (Lipinski definition) is 1. The Labute approximate surface area is 123 Å². The standard InChI is InChI=1S/C13H12ClF3N2O2/c14-11-8(2-1-3-10(11)13(15,16)17)6-18-12(21)19-5-4-9(20)7-19/h1-3H,4-7H2,(H,18,21). The first-order valence-electron chi connectivity index (χ1n) is 6.18. The molecule has 1 aromatic carbocycles. The number of carbonyl (C=O) groups is 2. The molecule has 4 nitrogen and oxygen atoms in total. The summed E-state index contributed by atoms with van der Waals surface area (Å²) in [5.74, 6) is -0.0396. The minimum Gasteiger partial charge on any atom is -0.334 e. The first kappa shape index (κ1) is 15.6. The summed E-state index contributed by atoms with van der Waals surface area (Å²) in [5.41, 5.74) is -0.766. The fraction of sp³-hybridized carbons (Fsp3) is 0.385. The van der Waals surface area contributed by atoms with Crippen LogP contribution < -0.4 is 5.32 Å². The molecule has 0 atom stereocenters. The number of halogens is 4. The Bertz CT molecular complexity index is 575. The largest absolute Gasteiger partial charge is 0.417 e. The Morgan fingerprint density at radius 2 is 2.10 bits per heavy atom. The summed E-state index contributed by atoms with van der Waals surface area (Å²) >= 11 is 5.72. The molecule has 1 fully saturated rings. The zero-order valence-corrected chi connectivity index (χ0v) is 11.6. The molecular formula is C13H12ClF3N2O2. The summed E-state index contributed by atoms with van der Waals surface area (Å²) in [7, 11) is 0. The summed E-state index contributed by atoms with van der Waals surface area (Å²) in [6, 6.07) is 3.03. The van der Waals surface area contributed by atoms with Gasteiger partial charge in [-0.05, 0) is 11.6 Å². The van der Waals surface area contributed by atoms with E-state index < -0.39 is 22.8 Å². The van der Waals surface area contributed by atoms with Crippen molar-refractivity contribution in [3.05, 3.63) is 34.3 Å². The average Bonchev–Trinajstić information content (AvgIpc) is 2.82. The van der Waals surface area contributed by atoms with Crippen LogP contribution in [-0.4, -0.2) is 29.8 Å². The van der Waals surface area contributed by atoms with E-state index in [1.54, 1.807) is 0 Å². The number of Topliss-reactive ketones (excluding diaryl/α,β-unsaturated/α-hetero) is 1.